The van der Waals surface area contributed by atoms with Gasteiger partial charge in [-0.05, 0) is 71.8 Å². The van der Waals surface area contributed by atoms with Gasteiger partial charge in [0.05, 0.1) is 12.1 Å². The molecule has 1 aliphatic carbocycles. The van der Waals surface area contributed by atoms with Crippen molar-refractivity contribution in [2.75, 3.05) is 13.1 Å². The minimum atomic E-state index is -2.67. The van der Waals surface area contributed by atoms with Crippen molar-refractivity contribution in [3.63, 3.8) is 0 Å². The Morgan fingerprint density at radius 3 is 2.69 bits per heavy atom. The number of carbonyl (C=O) groups excluding carboxylic acids is 1. The van der Waals surface area contributed by atoms with Gasteiger partial charge in [0.2, 0.25) is 0 Å². The SMILES string of the molecule is CC(C)(C)OC(=O)N1CCCC([C@H]2C[C@@H](n3ccc4c(C(F)F)ncnc43)[C@@H]3OC(C)(C)O[C@@H]32)C1. The molecule has 4 heterocycles. The monoisotopic (exact) mass is 492 g/mol. The van der Waals surface area contributed by atoms with Crippen LogP contribution in [0.3, 0.4) is 0 Å². The molecule has 0 radical (unpaired) electrons. The number of nitrogens with zero attached hydrogens (tertiary/aromatic N) is 4. The van der Waals surface area contributed by atoms with Crippen molar-refractivity contribution in [1.82, 2.24) is 19.4 Å². The summed E-state index contributed by atoms with van der Waals surface area (Å²) in [6, 6.07) is 1.53. The number of ether oxygens (including phenoxy) is 3. The molecule has 2 saturated heterocycles. The summed E-state index contributed by atoms with van der Waals surface area (Å²) in [5.74, 6) is -0.386. The van der Waals surface area contributed by atoms with Crippen LogP contribution in [0.5, 0.6) is 0 Å². The highest BCUT2D eigenvalue weighted by atomic mass is 19.3. The van der Waals surface area contributed by atoms with Gasteiger partial charge in [0, 0.05) is 24.7 Å². The summed E-state index contributed by atoms with van der Waals surface area (Å²) in [7, 11) is 0. The normalized spacial score (nSPS) is 30.7. The van der Waals surface area contributed by atoms with Crippen molar-refractivity contribution in [2.45, 2.75) is 89.9 Å². The lowest BCUT2D eigenvalue weighted by molar-refractivity contribution is -0.163. The highest BCUT2D eigenvalue weighted by Crippen LogP contribution is 2.51. The number of fused-ring (bicyclic) bond motifs is 2. The first-order chi connectivity index (χ1) is 16.4. The predicted molar refractivity (Wildman–Crippen MR) is 124 cm³/mol. The van der Waals surface area contributed by atoms with Gasteiger partial charge in [-0.25, -0.2) is 23.5 Å². The van der Waals surface area contributed by atoms with Crippen LogP contribution < -0.4 is 0 Å². The predicted octanol–water partition coefficient (Wildman–Crippen LogP) is 5.10. The van der Waals surface area contributed by atoms with Gasteiger partial charge in [-0.15, -0.1) is 0 Å². The van der Waals surface area contributed by atoms with Gasteiger partial charge in [-0.3, -0.25) is 0 Å². The molecule has 0 bridgehead atoms. The molecule has 2 aliphatic heterocycles. The number of hydrogen-bond acceptors (Lipinski definition) is 6. The van der Waals surface area contributed by atoms with Crippen LogP contribution in [0.2, 0.25) is 0 Å². The standard InChI is InChI=1S/C25H34F2N4O4/c1-24(2,3)35-23(32)30-9-6-7-14(12-30)16-11-17(20-19(16)33-25(4,5)34-20)31-10-8-15-18(21(26)27)28-13-29-22(15)31/h8,10,13-14,16-17,19-21H,6-7,9,11-12H2,1-5H3/t14?,16-,17-,19-,20+/m1/s1. The molecule has 5 atom stereocenters. The first kappa shape index (κ1) is 24.4. The molecule has 1 unspecified atom stereocenters. The maximum Gasteiger partial charge on any atom is 0.410 e. The number of piperidine rings is 1. The third-order valence-electron chi connectivity index (χ3n) is 7.30. The average Bonchev–Trinajstić information content (AvgIpc) is 3.42. The van der Waals surface area contributed by atoms with Crippen molar-refractivity contribution in [1.29, 1.82) is 0 Å². The van der Waals surface area contributed by atoms with Crippen LogP contribution in [0.4, 0.5) is 13.6 Å². The van der Waals surface area contributed by atoms with Crippen molar-refractivity contribution < 1.29 is 27.8 Å². The summed E-state index contributed by atoms with van der Waals surface area (Å²) in [5.41, 5.74) is -0.329. The summed E-state index contributed by atoms with van der Waals surface area (Å²) in [6.45, 7) is 10.7. The van der Waals surface area contributed by atoms with E-state index in [1.54, 1.807) is 17.2 Å². The fraction of sp³-hybridized carbons (Fsp3) is 0.720. The second kappa shape index (κ2) is 8.65. The van der Waals surface area contributed by atoms with E-state index in [1.165, 1.54) is 6.33 Å². The summed E-state index contributed by atoms with van der Waals surface area (Å²) in [4.78, 5) is 22.7. The van der Waals surface area contributed by atoms with E-state index >= 15 is 0 Å². The molecule has 8 nitrogen and oxygen atoms in total. The maximum absolute atomic E-state index is 13.5. The zero-order valence-corrected chi connectivity index (χ0v) is 20.9. The van der Waals surface area contributed by atoms with Crippen LogP contribution in [0.25, 0.3) is 11.0 Å². The van der Waals surface area contributed by atoms with E-state index in [-0.39, 0.29) is 41.9 Å². The number of hydrogen-bond donors (Lipinski definition) is 0. The average molecular weight is 493 g/mol. The Kier molecular flexibility index (Phi) is 6.03. The summed E-state index contributed by atoms with van der Waals surface area (Å²) in [5, 5.41) is 0.356. The van der Waals surface area contributed by atoms with Crippen molar-refractivity contribution in [3.05, 3.63) is 24.3 Å². The third-order valence-corrected chi connectivity index (χ3v) is 7.30. The van der Waals surface area contributed by atoms with Crippen molar-refractivity contribution in [3.8, 4) is 0 Å². The number of rotatable bonds is 3. The summed E-state index contributed by atoms with van der Waals surface area (Å²) < 4.78 is 47.4. The molecule has 3 aliphatic rings. The fourth-order valence-corrected chi connectivity index (χ4v) is 6.01. The van der Waals surface area contributed by atoms with E-state index in [1.807, 2.05) is 39.2 Å². The molecular formula is C25H34F2N4O4. The number of alkyl halides is 2. The number of carbonyl (C=O) groups is 1. The number of amides is 1. The van der Waals surface area contributed by atoms with Crippen molar-refractivity contribution in [2.24, 2.45) is 11.8 Å². The van der Waals surface area contributed by atoms with Crippen LogP contribution in [0, 0.1) is 11.8 Å². The molecule has 192 valence electrons. The van der Waals surface area contributed by atoms with E-state index in [9.17, 15) is 13.6 Å². The number of likely N-dealkylation sites (tertiary alicyclic amines) is 1. The van der Waals surface area contributed by atoms with Gasteiger partial charge >= 0.3 is 6.09 Å². The lowest BCUT2D eigenvalue weighted by Gasteiger charge is -2.38. The molecule has 10 heteroatoms. The van der Waals surface area contributed by atoms with Crippen LogP contribution >= 0.6 is 0 Å². The highest BCUT2D eigenvalue weighted by molar-refractivity contribution is 5.79. The van der Waals surface area contributed by atoms with E-state index < -0.39 is 17.8 Å². The van der Waals surface area contributed by atoms with E-state index in [0.717, 1.165) is 19.3 Å². The van der Waals surface area contributed by atoms with Crippen molar-refractivity contribution >= 4 is 17.1 Å². The Labute approximate surface area is 203 Å². The van der Waals surface area contributed by atoms with Gasteiger partial charge in [-0.1, -0.05) is 0 Å². The summed E-state index contributed by atoms with van der Waals surface area (Å²) >= 11 is 0. The molecule has 2 aromatic rings. The fourth-order valence-electron chi connectivity index (χ4n) is 6.01. The van der Waals surface area contributed by atoms with Gasteiger partial charge in [-0.2, -0.15) is 0 Å². The van der Waals surface area contributed by atoms with Gasteiger partial charge in [0.25, 0.3) is 6.43 Å². The lowest BCUT2D eigenvalue weighted by atomic mass is 9.83. The Hall–Kier alpha value is -2.33. The van der Waals surface area contributed by atoms with Crippen LogP contribution in [-0.4, -0.2) is 62.2 Å². The van der Waals surface area contributed by atoms with Gasteiger partial charge < -0.3 is 23.7 Å². The van der Waals surface area contributed by atoms with Crippen LogP contribution in [0.15, 0.2) is 18.6 Å². The second-order valence-electron chi connectivity index (χ2n) is 11.4. The molecule has 1 saturated carbocycles. The van der Waals surface area contributed by atoms with Crippen LogP contribution in [-0.2, 0) is 14.2 Å². The first-order valence-electron chi connectivity index (χ1n) is 12.4. The Morgan fingerprint density at radius 1 is 1.23 bits per heavy atom. The molecule has 3 fully saturated rings. The maximum atomic E-state index is 13.5. The van der Waals surface area contributed by atoms with Gasteiger partial charge in [0.15, 0.2) is 5.79 Å². The minimum Gasteiger partial charge on any atom is -0.444 e. The zero-order chi connectivity index (χ0) is 25.1. The Balaban J connectivity index is 1.43. The molecule has 2 aromatic heterocycles. The molecule has 0 aromatic carbocycles. The number of aromatic nitrogens is 3. The molecule has 5 rings (SSSR count). The Bertz CT molecular complexity index is 1100. The topological polar surface area (TPSA) is 78.7 Å². The van der Waals surface area contributed by atoms with E-state index in [2.05, 4.69) is 9.97 Å². The highest BCUT2D eigenvalue weighted by Gasteiger charge is 2.56. The summed E-state index contributed by atoms with van der Waals surface area (Å²) in [6.07, 6.45) is 2.25. The quantitative estimate of drug-likeness (QED) is 0.593. The third kappa shape index (κ3) is 4.62. The number of halogens is 2. The molecule has 0 spiro atoms. The molecule has 0 N–H and O–H groups in total. The Morgan fingerprint density at radius 2 is 1.97 bits per heavy atom. The first-order valence-corrected chi connectivity index (χ1v) is 12.4. The largest absolute Gasteiger partial charge is 0.444 e. The van der Waals surface area contributed by atoms with E-state index in [4.69, 9.17) is 14.2 Å². The molecule has 1 amide bonds. The molecule has 35 heavy (non-hydrogen) atoms. The van der Waals surface area contributed by atoms with Crippen LogP contribution in [0.1, 0.15) is 72.0 Å². The minimum absolute atomic E-state index is 0.124. The van der Waals surface area contributed by atoms with E-state index in [0.29, 0.717) is 24.1 Å². The second-order valence-corrected chi connectivity index (χ2v) is 11.4. The molecular weight excluding hydrogens is 458 g/mol. The van der Waals surface area contributed by atoms with Gasteiger partial charge in [0.1, 0.15) is 29.4 Å². The lowest BCUT2D eigenvalue weighted by Crippen LogP contribution is -2.46. The zero-order valence-electron chi connectivity index (χ0n) is 20.9. The smallest absolute Gasteiger partial charge is 0.410 e.